The molecule has 0 saturated carbocycles. The highest BCUT2D eigenvalue weighted by Crippen LogP contribution is 2.34. The van der Waals surface area contributed by atoms with Crippen molar-refractivity contribution in [1.82, 2.24) is 0 Å². The molecule has 1 aliphatic heterocycles. The molecule has 2 heteroatoms. The highest BCUT2D eigenvalue weighted by atomic mass is 16.5. The number of hydrogen-bond donors (Lipinski definition) is 0. The second-order valence-electron chi connectivity index (χ2n) is 6.22. The van der Waals surface area contributed by atoms with Crippen LogP contribution >= 0.6 is 0 Å². The standard InChI is InChI=1S/C18H24O2/c19-16(13-17-9-3-4-11-20-17)12-15-8-5-7-14-6-1-2-10-18(14)15/h1-2,6,10,15,17H,3-5,7-9,11-13H2. The lowest BCUT2D eigenvalue weighted by Gasteiger charge is -2.26. The van der Waals surface area contributed by atoms with Gasteiger partial charge in [0.05, 0.1) is 6.10 Å². The van der Waals surface area contributed by atoms with Gasteiger partial charge in [0, 0.05) is 19.4 Å². The molecule has 0 N–H and O–H groups in total. The van der Waals surface area contributed by atoms with Gasteiger partial charge in [-0.15, -0.1) is 0 Å². The smallest absolute Gasteiger partial charge is 0.136 e. The van der Waals surface area contributed by atoms with Gasteiger partial charge in [-0.05, 0) is 55.6 Å². The summed E-state index contributed by atoms with van der Waals surface area (Å²) < 4.78 is 5.69. The molecule has 2 unspecified atom stereocenters. The summed E-state index contributed by atoms with van der Waals surface area (Å²) >= 11 is 0. The van der Waals surface area contributed by atoms with Crippen LogP contribution in [-0.2, 0) is 16.0 Å². The van der Waals surface area contributed by atoms with Crippen molar-refractivity contribution in [3.8, 4) is 0 Å². The van der Waals surface area contributed by atoms with Crippen molar-refractivity contribution in [1.29, 1.82) is 0 Å². The average molecular weight is 272 g/mol. The van der Waals surface area contributed by atoms with Crippen molar-refractivity contribution >= 4 is 5.78 Å². The summed E-state index contributed by atoms with van der Waals surface area (Å²) in [5.74, 6) is 0.828. The second-order valence-corrected chi connectivity index (χ2v) is 6.22. The highest BCUT2D eigenvalue weighted by molar-refractivity contribution is 5.80. The molecule has 1 saturated heterocycles. The Labute approximate surface area is 121 Å². The van der Waals surface area contributed by atoms with E-state index in [2.05, 4.69) is 24.3 Å². The number of carbonyl (C=O) groups excluding carboxylic acids is 1. The maximum Gasteiger partial charge on any atom is 0.136 e. The van der Waals surface area contributed by atoms with Gasteiger partial charge in [0.2, 0.25) is 0 Å². The van der Waals surface area contributed by atoms with E-state index >= 15 is 0 Å². The van der Waals surface area contributed by atoms with Gasteiger partial charge in [0.1, 0.15) is 5.78 Å². The topological polar surface area (TPSA) is 26.3 Å². The molecule has 3 rings (SSSR count). The minimum atomic E-state index is 0.190. The van der Waals surface area contributed by atoms with Crippen LogP contribution in [0.4, 0.5) is 0 Å². The molecule has 0 aromatic heterocycles. The van der Waals surface area contributed by atoms with Crippen LogP contribution in [0.15, 0.2) is 24.3 Å². The van der Waals surface area contributed by atoms with Crippen LogP contribution in [0.25, 0.3) is 0 Å². The minimum absolute atomic E-state index is 0.190. The van der Waals surface area contributed by atoms with E-state index < -0.39 is 0 Å². The summed E-state index contributed by atoms with van der Waals surface area (Å²) in [5, 5.41) is 0. The number of fused-ring (bicyclic) bond motifs is 1. The van der Waals surface area contributed by atoms with Crippen molar-refractivity contribution in [2.45, 2.75) is 63.4 Å². The molecule has 2 atom stereocenters. The van der Waals surface area contributed by atoms with Crippen molar-refractivity contribution < 1.29 is 9.53 Å². The maximum atomic E-state index is 12.3. The van der Waals surface area contributed by atoms with Gasteiger partial charge in [-0.3, -0.25) is 4.79 Å². The van der Waals surface area contributed by atoms with Crippen LogP contribution in [0.5, 0.6) is 0 Å². The SMILES string of the molecule is O=C(CC1CCCCO1)CC1CCCc2ccccc21. The van der Waals surface area contributed by atoms with Crippen LogP contribution in [0.2, 0.25) is 0 Å². The zero-order chi connectivity index (χ0) is 13.8. The van der Waals surface area contributed by atoms with Gasteiger partial charge >= 0.3 is 0 Å². The lowest BCUT2D eigenvalue weighted by Crippen LogP contribution is -2.23. The molecule has 0 radical (unpaired) electrons. The summed E-state index contributed by atoms with van der Waals surface area (Å²) in [6, 6.07) is 8.64. The first-order valence-electron chi connectivity index (χ1n) is 8.04. The van der Waals surface area contributed by atoms with Crippen LogP contribution in [0, 0.1) is 0 Å². The minimum Gasteiger partial charge on any atom is -0.378 e. The summed E-state index contributed by atoms with van der Waals surface area (Å²) in [6.45, 7) is 0.838. The predicted molar refractivity (Wildman–Crippen MR) is 80.0 cm³/mol. The van der Waals surface area contributed by atoms with E-state index in [-0.39, 0.29) is 6.10 Å². The van der Waals surface area contributed by atoms with E-state index in [4.69, 9.17) is 4.74 Å². The van der Waals surface area contributed by atoms with Gasteiger partial charge in [-0.1, -0.05) is 24.3 Å². The molecule has 0 bridgehead atoms. The van der Waals surface area contributed by atoms with E-state index in [1.165, 1.54) is 30.4 Å². The first kappa shape index (κ1) is 13.8. The number of aryl methyl sites for hydroxylation is 1. The first-order valence-corrected chi connectivity index (χ1v) is 8.04. The van der Waals surface area contributed by atoms with Crippen LogP contribution in [0.1, 0.15) is 62.0 Å². The number of benzene rings is 1. The number of ketones is 1. The lowest BCUT2D eigenvalue weighted by atomic mass is 9.80. The Morgan fingerprint density at radius 2 is 2.00 bits per heavy atom. The first-order chi connectivity index (χ1) is 9.83. The molecular formula is C18H24O2. The van der Waals surface area contributed by atoms with E-state index in [1.54, 1.807) is 0 Å². The zero-order valence-electron chi connectivity index (χ0n) is 12.1. The Morgan fingerprint density at radius 1 is 1.10 bits per heavy atom. The largest absolute Gasteiger partial charge is 0.378 e. The Balaban J connectivity index is 1.59. The van der Waals surface area contributed by atoms with E-state index in [1.807, 2.05) is 0 Å². The van der Waals surface area contributed by atoms with Crippen LogP contribution < -0.4 is 0 Å². The Bertz CT molecular complexity index is 460. The quantitative estimate of drug-likeness (QED) is 0.827. The van der Waals surface area contributed by atoms with Crippen LogP contribution in [0.3, 0.4) is 0 Å². The number of Topliss-reactive ketones (excluding diaryl/α,β-unsaturated/α-hetero) is 1. The molecule has 1 aromatic rings. The molecule has 0 amide bonds. The highest BCUT2D eigenvalue weighted by Gasteiger charge is 2.24. The fourth-order valence-electron chi connectivity index (χ4n) is 3.65. The van der Waals surface area contributed by atoms with Gasteiger partial charge in [0.25, 0.3) is 0 Å². The third-order valence-corrected chi connectivity index (χ3v) is 4.70. The van der Waals surface area contributed by atoms with E-state index in [9.17, 15) is 4.79 Å². The normalized spacial score (nSPS) is 26.0. The number of ether oxygens (including phenoxy) is 1. The summed E-state index contributed by atoms with van der Waals surface area (Å²) in [6.07, 6.45) is 8.50. The lowest BCUT2D eigenvalue weighted by molar-refractivity contribution is -0.123. The summed E-state index contributed by atoms with van der Waals surface area (Å²) in [4.78, 5) is 12.3. The molecule has 0 spiro atoms. The fraction of sp³-hybridized carbons (Fsp3) is 0.611. The third kappa shape index (κ3) is 3.29. The van der Waals surface area contributed by atoms with Crippen molar-refractivity contribution in [3.05, 3.63) is 35.4 Å². The van der Waals surface area contributed by atoms with Crippen molar-refractivity contribution in [3.63, 3.8) is 0 Å². The molecule has 1 heterocycles. The van der Waals surface area contributed by atoms with Crippen molar-refractivity contribution in [2.75, 3.05) is 6.61 Å². The second kappa shape index (κ2) is 6.53. The molecule has 2 nitrogen and oxygen atoms in total. The zero-order valence-corrected chi connectivity index (χ0v) is 12.1. The van der Waals surface area contributed by atoms with Crippen LogP contribution in [-0.4, -0.2) is 18.5 Å². The molecule has 2 aliphatic rings. The Hall–Kier alpha value is -1.15. The predicted octanol–water partition coefficient (Wildman–Crippen LogP) is 4.02. The molecular weight excluding hydrogens is 248 g/mol. The number of rotatable bonds is 4. The Kier molecular flexibility index (Phi) is 4.51. The summed E-state index contributed by atoms with van der Waals surface area (Å²) in [7, 11) is 0. The third-order valence-electron chi connectivity index (χ3n) is 4.70. The summed E-state index contributed by atoms with van der Waals surface area (Å²) in [5.41, 5.74) is 2.86. The molecule has 1 aromatic carbocycles. The van der Waals surface area contributed by atoms with E-state index in [0.29, 0.717) is 24.5 Å². The van der Waals surface area contributed by atoms with Gasteiger partial charge in [-0.25, -0.2) is 0 Å². The molecule has 1 fully saturated rings. The fourth-order valence-corrected chi connectivity index (χ4v) is 3.65. The monoisotopic (exact) mass is 272 g/mol. The van der Waals surface area contributed by atoms with E-state index in [0.717, 1.165) is 25.9 Å². The number of carbonyl (C=O) groups is 1. The maximum absolute atomic E-state index is 12.3. The molecule has 20 heavy (non-hydrogen) atoms. The molecule has 108 valence electrons. The number of hydrogen-bond acceptors (Lipinski definition) is 2. The van der Waals surface area contributed by atoms with Gasteiger partial charge < -0.3 is 4.74 Å². The van der Waals surface area contributed by atoms with Gasteiger partial charge in [0.15, 0.2) is 0 Å². The van der Waals surface area contributed by atoms with Crippen molar-refractivity contribution in [2.24, 2.45) is 0 Å². The van der Waals surface area contributed by atoms with Gasteiger partial charge in [-0.2, -0.15) is 0 Å². The molecule has 1 aliphatic carbocycles. The Morgan fingerprint density at radius 3 is 2.85 bits per heavy atom. The average Bonchev–Trinajstić information content (AvgIpc) is 2.48.